The minimum absolute atomic E-state index is 0.0725. The number of ether oxygens (including phenoxy) is 1. The Balaban J connectivity index is 1.57. The van der Waals surface area contributed by atoms with Crippen LogP contribution in [0.2, 0.25) is 0 Å². The normalized spacial score (nSPS) is 17.3. The van der Waals surface area contributed by atoms with Crippen molar-refractivity contribution in [1.82, 2.24) is 0 Å². The quantitative estimate of drug-likeness (QED) is 0.655. The zero-order valence-electron chi connectivity index (χ0n) is 14.1. The van der Waals surface area contributed by atoms with E-state index in [2.05, 4.69) is 15.4 Å². The van der Waals surface area contributed by atoms with Gasteiger partial charge < -0.3 is 15.4 Å². The second-order valence-corrected chi connectivity index (χ2v) is 7.46. The van der Waals surface area contributed by atoms with Crippen molar-refractivity contribution in [2.75, 3.05) is 10.6 Å². The van der Waals surface area contributed by atoms with Crippen molar-refractivity contribution in [2.24, 2.45) is 0 Å². The van der Waals surface area contributed by atoms with E-state index in [0.717, 1.165) is 17.0 Å². The molecular weight excluding hydrogens is 417 g/mol. The van der Waals surface area contributed by atoms with Crippen molar-refractivity contribution in [1.29, 1.82) is 0 Å². The number of carbonyl (C=O) groups is 2. The third-order valence-electron chi connectivity index (χ3n) is 3.72. The number of nitrogens with one attached hydrogen (secondary N) is 2. The Morgan fingerprint density at radius 2 is 1.93 bits per heavy atom. The van der Waals surface area contributed by atoms with Gasteiger partial charge in [-0.2, -0.15) is 8.78 Å². The number of rotatable bonds is 6. The van der Waals surface area contributed by atoms with Crippen LogP contribution >= 0.6 is 23.4 Å². The first-order chi connectivity index (χ1) is 13.2. The number of hydrogen-bond acceptors (Lipinski definition) is 4. The first-order valence-corrected chi connectivity index (χ1v) is 9.37. The molecular formula is C18H14ClF3N2O3S. The van der Waals surface area contributed by atoms with E-state index in [1.807, 2.05) is 12.1 Å². The van der Waals surface area contributed by atoms with Gasteiger partial charge in [-0.05, 0) is 36.4 Å². The zero-order chi connectivity index (χ0) is 20.3. The fourth-order valence-corrected chi connectivity index (χ4v) is 3.57. The molecule has 28 heavy (non-hydrogen) atoms. The Labute approximate surface area is 167 Å². The van der Waals surface area contributed by atoms with E-state index in [-0.39, 0.29) is 18.1 Å². The summed E-state index contributed by atoms with van der Waals surface area (Å²) < 4.78 is 43.0. The summed E-state index contributed by atoms with van der Waals surface area (Å²) in [6, 6.07) is 12.2. The Hall–Kier alpha value is -2.39. The Kier molecular flexibility index (Phi) is 6.04. The van der Waals surface area contributed by atoms with Crippen LogP contribution in [-0.2, 0) is 9.59 Å². The Morgan fingerprint density at radius 3 is 2.61 bits per heavy atom. The molecule has 148 valence electrons. The second-order valence-electron chi connectivity index (χ2n) is 5.83. The zero-order valence-corrected chi connectivity index (χ0v) is 15.7. The first-order valence-electron chi connectivity index (χ1n) is 8.06. The van der Waals surface area contributed by atoms with E-state index in [4.69, 9.17) is 11.6 Å². The molecule has 0 aliphatic carbocycles. The fraction of sp³-hybridized carbons (Fsp3) is 0.222. The van der Waals surface area contributed by atoms with Gasteiger partial charge in [0, 0.05) is 17.0 Å². The second kappa shape index (κ2) is 8.32. The summed E-state index contributed by atoms with van der Waals surface area (Å²) in [5.74, 6) is -1.01. The fourth-order valence-electron chi connectivity index (χ4n) is 2.42. The highest BCUT2D eigenvalue weighted by Crippen LogP contribution is 2.36. The first kappa shape index (κ1) is 20.3. The van der Waals surface area contributed by atoms with Crippen LogP contribution in [0.3, 0.4) is 0 Å². The molecule has 0 fully saturated rings. The smallest absolute Gasteiger partial charge is 0.429 e. The van der Waals surface area contributed by atoms with Gasteiger partial charge in [0.15, 0.2) is 0 Å². The van der Waals surface area contributed by atoms with Gasteiger partial charge in [-0.1, -0.05) is 23.7 Å². The van der Waals surface area contributed by atoms with Gasteiger partial charge in [-0.3, -0.25) is 9.59 Å². The van der Waals surface area contributed by atoms with E-state index in [1.165, 1.54) is 23.9 Å². The molecule has 1 heterocycles. The lowest BCUT2D eigenvalue weighted by molar-refractivity contribution is -0.199. The number of benzene rings is 2. The highest BCUT2D eigenvalue weighted by atomic mass is 35.5. The standard InChI is InChI=1S/C18H14ClF3N2O3S/c19-17(20)18(21,22)27-11-7-5-10(6-8-11)23-15(25)9-14-16(26)24-12-3-1-2-4-13(12)28-14/h1-8,14,17H,9H2,(H,23,25)(H,24,26)/t14-,17-/m1/s1. The maximum absolute atomic E-state index is 13.1. The number of thioether (sulfide) groups is 1. The SMILES string of the molecule is O=C(C[C@H]1Sc2ccccc2NC1=O)Nc1ccc(OC(F)(F)[C@@H](F)Cl)cc1. The number of amides is 2. The molecule has 0 saturated heterocycles. The summed E-state index contributed by atoms with van der Waals surface area (Å²) in [6.45, 7) is 0. The van der Waals surface area contributed by atoms with Crippen molar-refractivity contribution in [3.63, 3.8) is 0 Å². The van der Waals surface area contributed by atoms with Crippen LogP contribution in [-0.4, -0.2) is 28.8 Å². The molecule has 3 rings (SSSR count). The predicted molar refractivity (Wildman–Crippen MR) is 101 cm³/mol. The molecule has 0 spiro atoms. The van der Waals surface area contributed by atoms with Crippen molar-refractivity contribution < 1.29 is 27.5 Å². The van der Waals surface area contributed by atoms with Crippen LogP contribution in [0.4, 0.5) is 24.5 Å². The van der Waals surface area contributed by atoms with Crippen molar-refractivity contribution in [3.8, 4) is 5.75 Å². The molecule has 2 aromatic rings. The molecule has 2 amide bonds. The summed E-state index contributed by atoms with van der Waals surface area (Å²) in [5, 5.41) is 4.72. The van der Waals surface area contributed by atoms with Crippen molar-refractivity contribution in [3.05, 3.63) is 48.5 Å². The van der Waals surface area contributed by atoms with E-state index in [1.54, 1.807) is 12.1 Å². The van der Waals surface area contributed by atoms with Gasteiger partial charge in [0.1, 0.15) is 5.75 Å². The van der Waals surface area contributed by atoms with E-state index in [0.29, 0.717) is 11.4 Å². The molecule has 1 aliphatic heterocycles. The summed E-state index contributed by atoms with van der Waals surface area (Å²) in [7, 11) is 0. The third kappa shape index (κ3) is 4.90. The molecule has 0 radical (unpaired) electrons. The highest BCUT2D eigenvalue weighted by Gasteiger charge is 2.42. The van der Waals surface area contributed by atoms with Gasteiger partial charge in [-0.15, -0.1) is 11.8 Å². The lowest BCUT2D eigenvalue weighted by Crippen LogP contribution is -2.32. The van der Waals surface area contributed by atoms with Crippen molar-refractivity contribution >= 4 is 46.6 Å². The molecule has 5 nitrogen and oxygen atoms in total. The third-order valence-corrected chi connectivity index (χ3v) is 5.25. The van der Waals surface area contributed by atoms with E-state index >= 15 is 0 Å². The molecule has 0 bridgehead atoms. The largest absolute Gasteiger partial charge is 0.444 e. The van der Waals surface area contributed by atoms with Crippen molar-refractivity contribution in [2.45, 2.75) is 28.3 Å². The average molecular weight is 431 g/mol. The summed E-state index contributed by atoms with van der Waals surface area (Å²) in [5.41, 5.74) is -1.98. The summed E-state index contributed by atoms with van der Waals surface area (Å²) >= 11 is 6.01. The van der Waals surface area contributed by atoms with Crippen LogP contribution in [0.5, 0.6) is 5.75 Å². The topological polar surface area (TPSA) is 67.4 Å². The monoisotopic (exact) mass is 430 g/mol. The minimum Gasteiger partial charge on any atom is -0.429 e. The number of para-hydroxylation sites is 1. The Bertz CT molecular complexity index is 881. The van der Waals surface area contributed by atoms with E-state index in [9.17, 15) is 22.8 Å². The molecule has 2 N–H and O–H groups in total. The molecule has 2 aromatic carbocycles. The lowest BCUT2D eigenvalue weighted by atomic mass is 10.2. The van der Waals surface area contributed by atoms with Gasteiger partial charge in [-0.25, -0.2) is 4.39 Å². The molecule has 0 saturated carbocycles. The number of alkyl halides is 4. The molecule has 2 atom stereocenters. The maximum Gasteiger partial charge on any atom is 0.444 e. The molecule has 0 unspecified atom stereocenters. The van der Waals surface area contributed by atoms with E-state index < -0.39 is 22.9 Å². The number of hydrogen-bond donors (Lipinski definition) is 2. The highest BCUT2D eigenvalue weighted by molar-refractivity contribution is 8.01. The van der Waals surface area contributed by atoms with Crippen LogP contribution in [0.15, 0.2) is 53.4 Å². The van der Waals surface area contributed by atoms with Crippen LogP contribution in [0.25, 0.3) is 0 Å². The number of halogens is 4. The maximum atomic E-state index is 13.1. The summed E-state index contributed by atoms with van der Waals surface area (Å²) in [4.78, 5) is 25.2. The van der Waals surface area contributed by atoms with Crippen LogP contribution < -0.4 is 15.4 Å². The molecule has 1 aliphatic rings. The number of fused-ring (bicyclic) bond motifs is 1. The van der Waals surface area contributed by atoms with Gasteiger partial charge in [0.25, 0.3) is 5.63 Å². The predicted octanol–water partition coefficient (Wildman–Crippen LogP) is 4.63. The van der Waals surface area contributed by atoms with Gasteiger partial charge in [0.05, 0.1) is 10.9 Å². The number of anilines is 2. The molecule has 0 aromatic heterocycles. The Morgan fingerprint density at radius 1 is 1.25 bits per heavy atom. The molecule has 10 heteroatoms. The van der Waals surface area contributed by atoms with Crippen LogP contribution in [0, 0.1) is 0 Å². The number of carbonyl (C=O) groups excluding carboxylic acids is 2. The van der Waals surface area contributed by atoms with Gasteiger partial charge in [0.2, 0.25) is 11.8 Å². The lowest BCUT2D eigenvalue weighted by Gasteiger charge is -2.23. The van der Waals surface area contributed by atoms with Crippen LogP contribution in [0.1, 0.15) is 6.42 Å². The summed E-state index contributed by atoms with van der Waals surface area (Å²) in [6.07, 6.45) is -4.24. The van der Waals surface area contributed by atoms with Gasteiger partial charge >= 0.3 is 6.11 Å². The average Bonchev–Trinajstić information content (AvgIpc) is 2.63. The minimum atomic E-state index is -4.17.